The topological polar surface area (TPSA) is 110 Å². The van der Waals surface area contributed by atoms with Crippen LogP contribution in [0, 0.1) is 5.92 Å². The Morgan fingerprint density at radius 2 is 1.91 bits per heavy atom. The number of aldehydes is 1. The van der Waals surface area contributed by atoms with Crippen molar-refractivity contribution in [2.24, 2.45) is 11.7 Å². The van der Waals surface area contributed by atoms with Crippen LogP contribution in [-0.4, -0.2) is 45.9 Å². The van der Waals surface area contributed by atoms with Gasteiger partial charge in [0.15, 0.2) is 6.29 Å². The molecule has 34 heavy (non-hydrogen) atoms. The number of rotatable bonds is 9. The molecule has 1 aliphatic heterocycles. The van der Waals surface area contributed by atoms with Gasteiger partial charge in [-0.1, -0.05) is 54.6 Å². The van der Waals surface area contributed by atoms with E-state index in [2.05, 4.69) is 27.4 Å². The third-order valence-electron chi connectivity index (χ3n) is 6.06. The summed E-state index contributed by atoms with van der Waals surface area (Å²) in [5.74, 6) is -0.500. The highest BCUT2D eigenvalue weighted by molar-refractivity contribution is 5.85. The summed E-state index contributed by atoms with van der Waals surface area (Å²) in [7, 11) is 0. The first-order valence-corrected chi connectivity index (χ1v) is 11.5. The predicted octanol–water partition coefficient (Wildman–Crippen LogP) is 2.38. The molecule has 8 heteroatoms. The third kappa shape index (κ3) is 5.96. The number of nitrogens with zero attached hydrogens (tertiary/aromatic N) is 3. The second-order valence-electron chi connectivity index (χ2n) is 8.69. The summed E-state index contributed by atoms with van der Waals surface area (Å²) in [6.07, 6.45) is 4.17. The Bertz CT molecular complexity index is 1160. The Hall–Kier alpha value is -3.78. The van der Waals surface area contributed by atoms with Gasteiger partial charge in [0.1, 0.15) is 12.2 Å². The summed E-state index contributed by atoms with van der Waals surface area (Å²) in [6, 6.07) is 17.5. The maximum atomic E-state index is 12.5. The number of hydrogen-bond donors (Lipinski definition) is 2. The Morgan fingerprint density at radius 3 is 2.68 bits per heavy atom. The molecule has 1 atom stereocenters. The van der Waals surface area contributed by atoms with E-state index in [1.807, 2.05) is 42.5 Å². The van der Waals surface area contributed by atoms with Gasteiger partial charge in [0.25, 0.3) is 0 Å². The lowest BCUT2D eigenvalue weighted by Gasteiger charge is -2.31. The molecule has 2 amide bonds. The SMILES string of the molecule is NC(=O)C1CCCN(Cc2cccc(CNC(=O)Cn3cc(C=O)c(-c4ccccc4)n3)c2)C1. The van der Waals surface area contributed by atoms with Gasteiger partial charge in [-0.25, -0.2) is 0 Å². The van der Waals surface area contributed by atoms with Crippen LogP contribution in [0.4, 0.5) is 0 Å². The Morgan fingerprint density at radius 1 is 1.12 bits per heavy atom. The average Bonchev–Trinajstić information content (AvgIpc) is 3.26. The Balaban J connectivity index is 1.33. The number of aromatic nitrogens is 2. The quantitative estimate of drug-likeness (QED) is 0.478. The van der Waals surface area contributed by atoms with Gasteiger partial charge in [0, 0.05) is 31.4 Å². The van der Waals surface area contributed by atoms with Crippen LogP contribution < -0.4 is 11.1 Å². The second kappa shape index (κ2) is 10.9. The van der Waals surface area contributed by atoms with Crippen molar-refractivity contribution in [2.45, 2.75) is 32.5 Å². The van der Waals surface area contributed by atoms with E-state index < -0.39 is 0 Å². The monoisotopic (exact) mass is 459 g/mol. The van der Waals surface area contributed by atoms with Gasteiger partial charge in [-0.3, -0.25) is 24.0 Å². The highest BCUT2D eigenvalue weighted by atomic mass is 16.2. The van der Waals surface area contributed by atoms with Gasteiger partial charge in [-0.2, -0.15) is 5.10 Å². The number of nitrogens with two attached hydrogens (primary N) is 1. The molecule has 3 aromatic rings. The number of hydrogen-bond acceptors (Lipinski definition) is 5. The molecular formula is C26H29N5O3. The van der Waals surface area contributed by atoms with Crippen molar-refractivity contribution in [1.29, 1.82) is 0 Å². The van der Waals surface area contributed by atoms with Gasteiger partial charge in [0.2, 0.25) is 11.8 Å². The van der Waals surface area contributed by atoms with Crippen LogP contribution in [0.2, 0.25) is 0 Å². The Labute approximate surface area is 198 Å². The minimum absolute atomic E-state index is 0.0235. The van der Waals surface area contributed by atoms with E-state index in [1.165, 1.54) is 4.68 Å². The van der Waals surface area contributed by atoms with Gasteiger partial charge >= 0.3 is 0 Å². The summed E-state index contributed by atoms with van der Waals surface area (Å²) in [6.45, 7) is 2.80. The number of carbonyl (C=O) groups is 3. The third-order valence-corrected chi connectivity index (χ3v) is 6.06. The highest BCUT2D eigenvalue weighted by Crippen LogP contribution is 2.21. The predicted molar refractivity (Wildman–Crippen MR) is 129 cm³/mol. The molecule has 176 valence electrons. The average molecular weight is 460 g/mol. The van der Waals surface area contributed by atoms with Crippen LogP contribution in [0.3, 0.4) is 0 Å². The highest BCUT2D eigenvalue weighted by Gasteiger charge is 2.23. The fraction of sp³-hybridized carbons (Fsp3) is 0.308. The molecule has 2 heterocycles. The van der Waals surface area contributed by atoms with Crippen LogP contribution in [-0.2, 0) is 29.2 Å². The molecular weight excluding hydrogens is 430 g/mol. The largest absolute Gasteiger partial charge is 0.369 e. The lowest BCUT2D eigenvalue weighted by Crippen LogP contribution is -2.40. The van der Waals surface area contributed by atoms with E-state index in [1.54, 1.807) is 6.20 Å². The molecule has 3 N–H and O–H groups in total. The number of nitrogens with one attached hydrogen (secondary N) is 1. The summed E-state index contributed by atoms with van der Waals surface area (Å²) < 4.78 is 1.49. The number of primary amides is 1. The molecule has 2 aromatic carbocycles. The molecule has 0 aliphatic carbocycles. The molecule has 4 rings (SSSR count). The zero-order valence-corrected chi connectivity index (χ0v) is 19.0. The maximum absolute atomic E-state index is 12.5. The van der Waals surface area contributed by atoms with Crippen molar-refractivity contribution in [3.05, 3.63) is 77.5 Å². The zero-order valence-electron chi connectivity index (χ0n) is 19.0. The van der Waals surface area contributed by atoms with Crippen LogP contribution in [0.15, 0.2) is 60.8 Å². The second-order valence-corrected chi connectivity index (χ2v) is 8.69. The molecule has 1 unspecified atom stereocenters. The van der Waals surface area contributed by atoms with E-state index in [0.29, 0.717) is 24.3 Å². The van der Waals surface area contributed by atoms with E-state index in [4.69, 9.17) is 5.73 Å². The zero-order chi connectivity index (χ0) is 23.9. The molecule has 1 fully saturated rings. The van der Waals surface area contributed by atoms with E-state index in [-0.39, 0.29) is 24.3 Å². The standard InChI is InChI=1S/C26H29N5O3/c27-26(34)22-10-5-11-30(15-22)14-20-7-4-6-19(12-20)13-28-24(33)17-31-16-23(18-32)25(29-31)21-8-2-1-3-9-21/h1-4,6-9,12,16,18,22H,5,10-11,13-15,17H2,(H2,27,34)(H,28,33). The Kier molecular flexibility index (Phi) is 7.49. The normalized spacial score (nSPS) is 16.2. The summed E-state index contributed by atoms with van der Waals surface area (Å²) in [4.78, 5) is 37.8. The lowest BCUT2D eigenvalue weighted by atomic mass is 9.97. The van der Waals surface area contributed by atoms with E-state index >= 15 is 0 Å². The molecule has 1 aromatic heterocycles. The molecule has 0 bridgehead atoms. The van der Waals surface area contributed by atoms with Crippen molar-refractivity contribution in [2.75, 3.05) is 13.1 Å². The van der Waals surface area contributed by atoms with Crippen LogP contribution in [0.25, 0.3) is 11.3 Å². The van der Waals surface area contributed by atoms with Gasteiger partial charge in [0.05, 0.1) is 11.5 Å². The summed E-state index contributed by atoms with van der Waals surface area (Å²) in [5.41, 5.74) is 9.45. The molecule has 1 aliphatic rings. The van der Waals surface area contributed by atoms with Crippen molar-refractivity contribution < 1.29 is 14.4 Å². The van der Waals surface area contributed by atoms with Crippen molar-refractivity contribution in [3.8, 4) is 11.3 Å². The molecule has 1 saturated heterocycles. The molecule has 0 saturated carbocycles. The first-order valence-electron chi connectivity index (χ1n) is 11.5. The minimum atomic E-state index is -0.227. The van der Waals surface area contributed by atoms with Crippen molar-refractivity contribution >= 4 is 18.1 Å². The molecule has 8 nitrogen and oxygen atoms in total. The van der Waals surface area contributed by atoms with Gasteiger partial charge in [-0.15, -0.1) is 0 Å². The summed E-state index contributed by atoms with van der Waals surface area (Å²) >= 11 is 0. The van der Waals surface area contributed by atoms with Gasteiger partial charge in [-0.05, 0) is 30.5 Å². The van der Waals surface area contributed by atoms with Crippen LogP contribution in [0.5, 0.6) is 0 Å². The fourth-order valence-corrected chi connectivity index (χ4v) is 4.36. The van der Waals surface area contributed by atoms with Crippen molar-refractivity contribution in [1.82, 2.24) is 20.0 Å². The first-order chi connectivity index (χ1) is 16.5. The van der Waals surface area contributed by atoms with E-state index in [0.717, 1.165) is 48.9 Å². The van der Waals surface area contributed by atoms with Gasteiger partial charge < -0.3 is 11.1 Å². The van der Waals surface area contributed by atoms with E-state index in [9.17, 15) is 14.4 Å². The summed E-state index contributed by atoms with van der Waals surface area (Å²) in [5, 5.41) is 7.35. The number of amides is 2. The first kappa shape index (κ1) is 23.4. The van der Waals surface area contributed by atoms with Crippen LogP contribution >= 0.6 is 0 Å². The van der Waals surface area contributed by atoms with Crippen molar-refractivity contribution in [3.63, 3.8) is 0 Å². The van der Waals surface area contributed by atoms with Crippen LogP contribution in [0.1, 0.15) is 34.3 Å². The molecule has 0 spiro atoms. The number of likely N-dealkylation sites (tertiary alicyclic amines) is 1. The minimum Gasteiger partial charge on any atom is -0.369 e. The number of carbonyl (C=O) groups excluding carboxylic acids is 3. The molecule has 0 radical (unpaired) electrons. The maximum Gasteiger partial charge on any atom is 0.241 e. The smallest absolute Gasteiger partial charge is 0.241 e. The lowest BCUT2D eigenvalue weighted by molar-refractivity contribution is -0.123. The number of benzene rings is 2. The number of piperidine rings is 1. The fourth-order valence-electron chi connectivity index (χ4n) is 4.36.